The van der Waals surface area contributed by atoms with Crippen LogP contribution in [-0.4, -0.2) is 23.7 Å². The quantitative estimate of drug-likeness (QED) is 0.802. The topological polar surface area (TPSA) is 49.3 Å². The van der Waals surface area contributed by atoms with Crippen LogP contribution in [0, 0.1) is 0 Å². The predicted octanol–water partition coefficient (Wildman–Crippen LogP) is 2.24. The molecule has 0 radical (unpaired) electrons. The summed E-state index contributed by atoms with van der Waals surface area (Å²) in [5.41, 5.74) is 1.52. The van der Waals surface area contributed by atoms with Gasteiger partial charge >= 0.3 is 5.97 Å². The van der Waals surface area contributed by atoms with E-state index in [4.69, 9.17) is 5.11 Å². The summed E-state index contributed by atoms with van der Waals surface area (Å²) in [5, 5.41) is 12.4. The first kappa shape index (κ1) is 11.1. The highest BCUT2D eigenvalue weighted by Gasteiger charge is 2.19. The summed E-state index contributed by atoms with van der Waals surface area (Å²) in [4.78, 5) is 10.9. The van der Waals surface area contributed by atoms with E-state index in [0.29, 0.717) is 17.5 Å². The lowest BCUT2D eigenvalue weighted by Crippen LogP contribution is -2.35. The molecular formula is C13H17NO2. The lowest BCUT2D eigenvalue weighted by Gasteiger charge is -2.28. The van der Waals surface area contributed by atoms with Gasteiger partial charge in [0.1, 0.15) is 0 Å². The first-order chi connectivity index (χ1) is 7.66. The molecule has 0 aliphatic carbocycles. The van der Waals surface area contributed by atoms with Crippen LogP contribution < -0.4 is 5.32 Å². The molecule has 0 aromatic heterocycles. The summed E-state index contributed by atoms with van der Waals surface area (Å²) in [6, 6.07) is 7.87. The zero-order chi connectivity index (χ0) is 11.5. The molecule has 2 atom stereocenters. The molecule has 0 bridgehead atoms. The van der Waals surface area contributed by atoms with Crippen LogP contribution in [0.15, 0.2) is 24.3 Å². The van der Waals surface area contributed by atoms with Crippen molar-refractivity contribution in [2.24, 2.45) is 0 Å². The van der Waals surface area contributed by atoms with Crippen LogP contribution in [0.4, 0.5) is 0 Å². The van der Waals surface area contributed by atoms with E-state index in [1.54, 1.807) is 12.1 Å². The second kappa shape index (κ2) is 4.66. The van der Waals surface area contributed by atoms with Gasteiger partial charge < -0.3 is 10.4 Å². The van der Waals surface area contributed by atoms with Crippen LogP contribution in [0.5, 0.6) is 0 Å². The molecule has 86 valence electrons. The number of carboxylic acid groups (broad SMARTS) is 1. The van der Waals surface area contributed by atoms with Gasteiger partial charge in [-0.3, -0.25) is 0 Å². The van der Waals surface area contributed by atoms with E-state index in [2.05, 4.69) is 12.2 Å². The molecule has 3 heteroatoms. The Kier molecular flexibility index (Phi) is 3.25. The largest absolute Gasteiger partial charge is 0.478 e. The van der Waals surface area contributed by atoms with Crippen molar-refractivity contribution in [3.63, 3.8) is 0 Å². The molecule has 2 rings (SSSR count). The molecule has 0 spiro atoms. The molecule has 0 saturated carbocycles. The summed E-state index contributed by atoms with van der Waals surface area (Å²) in [6.07, 6.45) is 2.29. The minimum atomic E-state index is -0.848. The van der Waals surface area contributed by atoms with E-state index in [1.165, 1.54) is 0 Å². The van der Waals surface area contributed by atoms with E-state index in [1.807, 2.05) is 12.1 Å². The fraction of sp³-hybridized carbons (Fsp3) is 0.462. The maximum atomic E-state index is 10.9. The van der Waals surface area contributed by atoms with E-state index in [-0.39, 0.29) is 0 Å². The number of rotatable bonds is 2. The van der Waals surface area contributed by atoms with Gasteiger partial charge in [0.2, 0.25) is 0 Å². The second-order valence-corrected chi connectivity index (χ2v) is 4.51. The lowest BCUT2D eigenvalue weighted by molar-refractivity contribution is 0.0696. The normalized spacial score (nSPS) is 25.3. The first-order valence-electron chi connectivity index (χ1n) is 5.73. The first-order valence-corrected chi connectivity index (χ1v) is 5.73. The highest BCUT2D eigenvalue weighted by atomic mass is 16.4. The summed E-state index contributed by atoms with van der Waals surface area (Å²) in [6.45, 7) is 3.13. The van der Waals surface area contributed by atoms with Gasteiger partial charge in [0.15, 0.2) is 0 Å². The second-order valence-electron chi connectivity index (χ2n) is 4.51. The number of hydrogen-bond donors (Lipinski definition) is 2. The Bertz CT molecular complexity index is 381. The van der Waals surface area contributed by atoms with Gasteiger partial charge in [0.05, 0.1) is 5.56 Å². The number of piperidine rings is 1. The van der Waals surface area contributed by atoms with Gasteiger partial charge in [-0.25, -0.2) is 4.79 Å². The average Bonchev–Trinajstić information content (AvgIpc) is 2.30. The van der Waals surface area contributed by atoms with Gasteiger partial charge in [0, 0.05) is 12.6 Å². The Balaban J connectivity index is 2.14. The maximum absolute atomic E-state index is 10.9. The molecule has 1 heterocycles. The fourth-order valence-electron chi connectivity index (χ4n) is 2.21. The van der Waals surface area contributed by atoms with Crippen LogP contribution in [-0.2, 0) is 0 Å². The van der Waals surface area contributed by atoms with Crippen molar-refractivity contribution in [1.82, 2.24) is 5.32 Å². The number of aromatic carboxylic acids is 1. The Labute approximate surface area is 95.5 Å². The van der Waals surface area contributed by atoms with E-state index in [0.717, 1.165) is 24.9 Å². The summed E-state index contributed by atoms with van der Waals surface area (Å²) in [7, 11) is 0. The number of carboxylic acids is 1. The molecule has 1 aliphatic heterocycles. The third-order valence-corrected chi connectivity index (χ3v) is 3.27. The van der Waals surface area contributed by atoms with Gasteiger partial charge in [-0.2, -0.15) is 0 Å². The molecule has 2 N–H and O–H groups in total. The number of carbonyl (C=O) groups is 1. The van der Waals surface area contributed by atoms with E-state index in [9.17, 15) is 4.79 Å². The average molecular weight is 219 g/mol. The van der Waals surface area contributed by atoms with Crippen LogP contribution in [0.25, 0.3) is 0 Å². The number of benzene rings is 1. The van der Waals surface area contributed by atoms with Crippen molar-refractivity contribution in [2.45, 2.75) is 31.7 Å². The highest BCUT2D eigenvalue weighted by molar-refractivity contribution is 5.87. The monoisotopic (exact) mass is 219 g/mol. The molecule has 2 unspecified atom stereocenters. The smallest absolute Gasteiger partial charge is 0.335 e. The van der Waals surface area contributed by atoms with Crippen LogP contribution in [0.3, 0.4) is 0 Å². The molecule has 1 saturated heterocycles. The zero-order valence-corrected chi connectivity index (χ0v) is 9.44. The van der Waals surface area contributed by atoms with Crippen LogP contribution in [0.1, 0.15) is 41.6 Å². The maximum Gasteiger partial charge on any atom is 0.335 e. The third kappa shape index (κ3) is 2.42. The fourth-order valence-corrected chi connectivity index (χ4v) is 2.21. The Morgan fingerprint density at radius 2 is 2.25 bits per heavy atom. The summed E-state index contributed by atoms with van der Waals surface area (Å²) >= 11 is 0. The Hall–Kier alpha value is -1.35. The molecule has 0 amide bonds. The number of nitrogens with one attached hydrogen (secondary N) is 1. The molecule has 1 aliphatic rings. The van der Waals surface area contributed by atoms with Crippen molar-refractivity contribution in [1.29, 1.82) is 0 Å². The van der Waals surface area contributed by atoms with Gasteiger partial charge in [-0.15, -0.1) is 0 Å². The van der Waals surface area contributed by atoms with Crippen molar-refractivity contribution < 1.29 is 9.90 Å². The van der Waals surface area contributed by atoms with Gasteiger partial charge in [-0.05, 0) is 43.4 Å². The van der Waals surface area contributed by atoms with Gasteiger partial charge in [-0.1, -0.05) is 12.1 Å². The SMILES string of the molecule is CC1CCC(c2cccc(C(=O)O)c2)CN1. The standard InChI is InChI=1S/C13H17NO2/c1-9-5-6-12(8-14-9)10-3-2-4-11(7-10)13(15)16/h2-4,7,9,12,14H,5-6,8H2,1H3,(H,15,16). The van der Waals surface area contributed by atoms with Crippen molar-refractivity contribution in [2.75, 3.05) is 6.54 Å². The van der Waals surface area contributed by atoms with Gasteiger partial charge in [0.25, 0.3) is 0 Å². The Morgan fingerprint density at radius 1 is 1.44 bits per heavy atom. The molecular weight excluding hydrogens is 202 g/mol. The summed E-state index contributed by atoms with van der Waals surface area (Å²) < 4.78 is 0. The summed E-state index contributed by atoms with van der Waals surface area (Å²) in [5.74, 6) is -0.394. The molecule has 16 heavy (non-hydrogen) atoms. The number of hydrogen-bond acceptors (Lipinski definition) is 2. The van der Waals surface area contributed by atoms with Crippen molar-refractivity contribution in [3.05, 3.63) is 35.4 Å². The predicted molar refractivity (Wildman–Crippen MR) is 62.8 cm³/mol. The molecule has 3 nitrogen and oxygen atoms in total. The molecule has 1 aromatic rings. The highest BCUT2D eigenvalue weighted by Crippen LogP contribution is 2.25. The minimum absolute atomic E-state index is 0.385. The molecule has 1 aromatic carbocycles. The minimum Gasteiger partial charge on any atom is -0.478 e. The van der Waals surface area contributed by atoms with Crippen molar-refractivity contribution in [3.8, 4) is 0 Å². The Morgan fingerprint density at radius 3 is 2.88 bits per heavy atom. The van der Waals surface area contributed by atoms with Crippen molar-refractivity contribution >= 4 is 5.97 Å². The zero-order valence-electron chi connectivity index (χ0n) is 9.44. The van der Waals surface area contributed by atoms with Crippen LogP contribution >= 0.6 is 0 Å². The third-order valence-electron chi connectivity index (χ3n) is 3.27. The van der Waals surface area contributed by atoms with Crippen LogP contribution in [0.2, 0.25) is 0 Å². The van der Waals surface area contributed by atoms with E-state index < -0.39 is 5.97 Å². The molecule has 1 fully saturated rings. The lowest BCUT2D eigenvalue weighted by atomic mass is 9.88. The van der Waals surface area contributed by atoms with E-state index >= 15 is 0 Å².